The van der Waals surface area contributed by atoms with E-state index in [9.17, 15) is 9.18 Å². The first-order chi connectivity index (χ1) is 15.0. The Kier molecular flexibility index (Phi) is 5.94. The topological polar surface area (TPSA) is 96.8 Å². The molecule has 2 heterocycles. The zero-order valence-electron chi connectivity index (χ0n) is 16.6. The maximum absolute atomic E-state index is 14.3. The number of amides is 1. The first-order valence-electron chi connectivity index (χ1n) is 9.64. The van der Waals surface area contributed by atoms with Gasteiger partial charge in [0, 0.05) is 37.4 Å². The molecule has 1 amide bonds. The summed E-state index contributed by atoms with van der Waals surface area (Å²) >= 11 is 5.87. The molecule has 1 saturated heterocycles. The van der Waals surface area contributed by atoms with E-state index in [-0.39, 0.29) is 16.8 Å². The van der Waals surface area contributed by atoms with Gasteiger partial charge < -0.3 is 24.8 Å². The smallest absolute Gasteiger partial charge is 0.407 e. The molecular formula is C21H20ClFN4O4. The number of rotatable bonds is 5. The Balaban J connectivity index is 1.61. The lowest BCUT2D eigenvalue weighted by atomic mass is 10.1. The van der Waals surface area contributed by atoms with Crippen LogP contribution < -0.4 is 14.8 Å². The quantitative estimate of drug-likeness (QED) is 0.586. The molecule has 4 rings (SSSR count). The molecule has 3 aromatic rings. The fourth-order valence-electron chi connectivity index (χ4n) is 3.49. The highest BCUT2D eigenvalue weighted by Gasteiger charge is 2.24. The molecule has 0 bridgehead atoms. The number of fused-ring (bicyclic) bond motifs is 1. The number of halogens is 2. The first-order valence-corrected chi connectivity index (χ1v) is 10.0. The third-order valence-corrected chi connectivity index (χ3v) is 5.42. The van der Waals surface area contributed by atoms with E-state index in [1.165, 1.54) is 24.4 Å². The van der Waals surface area contributed by atoms with Crippen molar-refractivity contribution in [1.29, 1.82) is 0 Å². The summed E-state index contributed by atoms with van der Waals surface area (Å²) in [6, 6.07) is 8.13. The van der Waals surface area contributed by atoms with Crippen LogP contribution in [0.3, 0.4) is 0 Å². The summed E-state index contributed by atoms with van der Waals surface area (Å²) in [5, 5.41) is 12.7. The van der Waals surface area contributed by atoms with E-state index in [4.69, 9.17) is 26.2 Å². The number of methoxy groups -OCH3 is 1. The SMILES string of the molecule is COc1cc2c(Nc3cccc(Cl)c3F)ncnc2cc1OC1CCN(C(=O)O)CC1. The zero-order valence-corrected chi connectivity index (χ0v) is 17.4. The van der Waals surface area contributed by atoms with Crippen molar-refractivity contribution in [1.82, 2.24) is 14.9 Å². The molecule has 31 heavy (non-hydrogen) atoms. The van der Waals surface area contributed by atoms with E-state index in [0.717, 1.165) is 0 Å². The zero-order chi connectivity index (χ0) is 22.0. The van der Waals surface area contributed by atoms with Gasteiger partial charge in [-0.15, -0.1) is 0 Å². The van der Waals surface area contributed by atoms with E-state index in [0.29, 0.717) is 54.2 Å². The molecule has 8 nitrogen and oxygen atoms in total. The molecule has 162 valence electrons. The van der Waals surface area contributed by atoms with Gasteiger partial charge in [0.05, 0.1) is 23.3 Å². The van der Waals surface area contributed by atoms with Gasteiger partial charge in [0.1, 0.15) is 18.2 Å². The molecule has 0 radical (unpaired) electrons. The molecule has 1 fully saturated rings. The van der Waals surface area contributed by atoms with Gasteiger partial charge in [-0.25, -0.2) is 19.2 Å². The van der Waals surface area contributed by atoms with Crippen LogP contribution in [0.5, 0.6) is 11.5 Å². The van der Waals surface area contributed by atoms with Gasteiger partial charge >= 0.3 is 6.09 Å². The maximum Gasteiger partial charge on any atom is 0.407 e. The highest BCUT2D eigenvalue weighted by Crippen LogP contribution is 2.36. The lowest BCUT2D eigenvalue weighted by Crippen LogP contribution is -2.41. The van der Waals surface area contributed by atoms with E-state index in [1.807, 2.05) is 0 Å². The number of benzene rings is 2. The Labute approximate surface area is 182 Å². The monoisotopic (exact) mass is 446 g/mol. The van der Waals surface area contributed by atoms with Gasteiger partial charge in [0.15, 0.2) is 17.3 Å². The number of carboxylic acid groups (broad SMARTS) is 1. The number of piperidine rings is 1. The summed E-state index contributed by atoms with van der Waals surface area (Å²) < 4.78 is 25.9. The number of nitrogens with zero attached hydrogens (tertiary/aromatic N) is 3. The van der Waals surface area contributed by atoms with Gasteiger partial charge in [-0.2, -0.15) is 0 Å². The Bertz CT molecular complexity index is 1120. The number of carbonyl (C=O) groups is 1. The van der Waals surface area contributed by atoms with Crippen LogP contribution in [0.2, 0.25) is 5.02 Å². The summed E-state index contributed by atoms with van der Waals surface area (Å²) in [6.07, 6.45) is 1.47. The molecule has 0 saturated carbocycles. The van der Waals surface area contributed by atoms with Crippen LogP contribution in [0.25, 0.3) is 10.9 Å². The van der Waals surface area contributed by atoms with Crippen molar-refractivity contribution in [2.45, 2.75) is 18.9 Å². The van der Waals surface area contributed by atoms with Crippen LogP contribution in [0.15, 0.2) is 36.7 Å². The second kappa shape index (κ2) is 8.81. The van der Waals surface area contributed by atoms with Crippen LogP contribution in [0, 0.1) is 5.82 Å². The number of nitrogens with one attached hydrogen (secondary N) is 1. The van der Waals surface area contributed by atoms with Crippen LogP contribution in [0.4, 0.5) is 20.7 Å². The molecule has 2 N–H and O–H groups in total. The lowest BCUT2D eigenvalue weighted by molar-refractivity contribution is 0.0879. The van der Waals surface area contributed by atoms with E-state index in [1.54, 1.807) is 24.3 Å². The number of aromatic nitrogens is 2. The second-order valence-corrected chi connectivity index (χ2v) is 7.46. The van der Waals surface area contributed by atoms with Gasteiger partial charge in [-0.3, -0.25) is 0 Å². The van der Waals surface area contributed by atoms with Crippen molar-refractivity contribution in [3.8, 4) is 11.5 Å². The van der Waals surface area contributed by atoms with Crippen molar-refractivity contribution in [2.75, 3.05) is 25.5 Å². The minimum absolute atomic E-state index is 0.00516. The van der Waals surface area contributed by atoms with Crippen LogP contribution in [-0.4, -0.2) is 52.4 Å². The van der Waals surface area contributed by atoms with Crippen molar-refractivity contribution in [2.24, 2.45) is 0 Å². The molecule has 0 aliphatic carbocycles. The van der Waals surface area contributed by atoms with Crippen LogP contribution in [-0.2, 0) is 0 Å². The van der Waals surface area contributed by atoms with Crippen LogP contribution in [0.1, 0.15) is 12.8 Å². The molecule has 1 aromatic heterocycles. The second-order valence-electron chi connectivity index (χ2n) is 7.06. The minimum atomic E-state index is -0.922. The number of likely N-dealkylation sites (tertiary alicyclic amines) is 1. The standard InChI is InChI=1S/C21H20ClFN4O4/c1-30-17-9-13-16(10-18(17)31-12-5-7-27(8-6-12)21(28)29)24-11-25-20(13)26-15-4-2-3-14(22)19(15)23/h2-4,9-12H,5-8H2,1H3,(H,28,29)(H,24,25,26). The highest BCUT2D eigenvalue weighted by molar-refractivity contribution is 6.31. The third kappa shape index (κ3) is 4.41. The summed E-state index contributed by atoms with van der Waals surface area (Å²) in [4.78, 5) is 21.0. The van der Waals surface area contributed by atoms with Crippen molar-refractivity contribution in [3.63, 3.8) is 0 Å². The number of hydrogen-bond donors (Lipinski definition) is 2. The van der Waals surface area contributed by atoms with Crippen molar-refractivity contribution < 1.29 is 23.8 Å². The molecule has 1 aliphatic rings. The molecule has 0 atom stereocenters. The normalized spacial score (nSPS) is 14.5. The average Bonchev–Trinajstić information content (AvgIpc) is 2.77. The Morgan fingerprint density at radius 3 is 2.74 bits per heavy atom. The average molecular weight is 447 g/mol. The first kappa shape index (κ1) is 20.9. The molecule has 1 aliphatic heterocycles. The number of hydrogen-bond acceptors (Lipinski definition) is 6. The largest absolute Gasteiger partial charge is 0.493 e. The number of ether oxygens (including phenoxy) is 2. The third-order valence-electron chi connectivity index (χ3n) is 5.13. The van der Waals surface area contributed by atoms with Gasteiger partial charge in [-0.1, -0.05) is 17.7 Å². The Morgan fingerprint density at radius 1 is 1.26 bits per heavy atom. The Hall–Kier alpha value is -3.33. The van der Waals surface area contributed by atoms with Crippen molar-refractivity contribution >= 4 is 40.1 Å². The maximum atomic E-state index is 14.3. The molecule has 2 aromatic carbocycles. The summed E-state index contributed by atoms with van der Waals surface area (Å²) in [5.74, 6) is 0.793. The molecule has 0 spiro atoms. The van der Waals surface area contributed by atoms with Gasteiger partial charge in [-0.05, 0) is 18.2 Å². The van der Waals surface area contributed by atoms with E-state index in [2.05, 4.69) is 15.3 Å². The van der Waals surface area contributed by atoms with Crippen molar-refractivity contribution in [3.05, 3.63) is 47.5 Å². The predicted molar refractivity (Wildman–Crippen MR) is 114 cm³/mol. The highest BCUT2D eigenvalue weighted by atomic mass is 35.5. The molecule has 0 unspecified atom stereocenters. The number of anilines is 2. The fourth-order valence-corrected chi connectivity index (χ4v) is 3.66. The van der Waals surface area contributed by atoms with E-state index >= 15 is 0 Å². The predicted octanol–water partition coefficient (Wildman–Crippen LogP) is 4.70. The van der Waals surface area contributed by atoms with Gasteiger partial charge in [0.2, 0.25) is 0 Å². The van der Waals surface area contributed by atoms with Crippen LogP contribution >= 0.6 is 11.6 Å². The van der Waals surface area contributed by atoms with E-state index < -0.39 is 11.9 Å². The Morgan fingerprint density at radius 2 is 2.03 bits per heavy atom. The van der Waals surface area contributed by atoms with Gasteiger partial charge in [0.25, 0.3) is 0 Å². The lowest BCUT2D eigenvalue weighted by Gasteiger charge is -2.30. The summed E-state index contributed by atoms with van der Waals surface area (Å²) in [6.45, 7) is 0.828. The molecule has 10 heteroatoms. The summed E-state index contributed by atoms with van der Waals surface area (Å²) in [5.41, 5.74) is 0.774. The summed E-state index contributed by atoms with van der Waals surface area (Å²) in [7, 11) is 1.52. The minimum Gasteiger partial charge on any atom is -0.493 e. The molecular weight excluding hydrogens is 427 g/mol. The fraction of sp³-hybridized carbons (Fsp3) is 0.286.